The average molecular weight is 685 g/mol. The van der Waals surface area contributed by atoms with Gasteiger partial charge in [-0.05, 0) is 32.8 Å². The highest BCUT2D eigenvalue weighted by Gasteiger charge is 2.49. The molecule has 0 radical (unpaired) electrons. The molecule has 0 spiro atoms. The summed E-state index contributed by atoms with van der Waals surface area (Å²) in [5.41, 5.74) is 11.4. The van der Waals surface area contributed by atoms with Crippen LogP contribution in [0.4, 0.5) is 0 Å². The predicted octanol–water partition coefficient (Wildman–Crippen LogP) is 0.408. The van der Waals surface area contributed by atoms with Crippen LogP contribution in [0.1, 0.15) is 26.7 Å². The van der Waals surface area contributed by atoms with Gasteiger partial charge in [0.1, 0.15) is 47.7 Å². The number of hydrogen-bond donors (Lipinski definition) is 7. The van der Waals surface area contributed by atoms with Crippen molar-refractivity contribution < 1.29 is 53.4 Å². The van der Waals surface area contributed by atoms with Crippen LogP contribution in [0, 0.1) is 0 Å². The van der Waals surface area contributed by atoms with Gasteiger partial charge in [0.2, 0.25) is 12.0 Å². The number of carbonyl (C=O) groups excluding carboxylic acids is 2. The smallest absolute Gasteiger partial charge is 0.328 e. The number of allylic oxidation sites excluding steroid dienone is 1. The quantitative estimate of drug-likeness (QED) is 0.0423. The van der Waals surface area contributed by atoms with Crippen LogP contribution in [0.5, 0.6) is 17.2 Å². The number of aromatic hydroxyl groups is 1. The molecule has 0 unspecified atom stereocenters. The van der Waals surface area contributed by atoms with Crippen molar-refractivity contribution in [2.45, 2.75) is 63.4 Å². The number of ether oxygens (including phenoxy) is 4. The van der Waals surface area contributed by atoms with E-state index in [2.05, 4.69) is 10.3 Å². The molecule has 0 aliphatic carbocycles. The number of aliphatic hydroxyl groups excluding tert-OH is 3. The van der Waals surface area contributed by atoms with Crippen molar-refractivity contribution in [3.8, 4) is 28.6 Å². The number of amides is 1. The number of aliphatic hydroxyl groups is 3. The van der Waals surface area contributed by atoms with Gasteiger partial charge in [-0.25, -0.2) is 4.79 Å². The summed E-state index contributed by atoms with van der Waals surface area (Å²) in [5, 5.41) is 45.7. The Bertz CT molecular complexity index is 1750. The Labute approximate surface area is 280 Å². The number of phenolic OH excluding ortho intramolecular Hbond substituents is 1. The number of hydrogen-bond acceptors (Lipinski definition) is 13. The van der Waals surface area contributed by atoms with Crippen LogP contribution in [0.3, 0.4) is 0 Å². The van der Waals surface area contributed by atoms with Crippen molar-refractivity contribution in [3.63, 3.8) is 0 Å². The van der Waals surface area contributed by atoms with Crippen LogP contribution < -0.4 is 31.7 Å². The summed E-state index contributed by atoms with van der Waals surface area (Å²) in [6.45, 7) is 3.72. The maximum absolute atomic E-state index is 13.3. The van der Waals surface area contributed by atoms with E-state index in [4.69, 9.17) is 34.8 Å². The van der Waals surface area contributed by atoms with Gasteiger partial charge >= 0.3 is 5.97 Å². The molecule has 2 heterocycles. The molecule has 0 saturated carbocycles. The summed E-state index contributed by atoms with van der Waals surface area (Å²) in [4.78, 5) is 42.7. The van der Waals surface area contributed by atoms with Crippen LogP contribution in [-0.4, -0.2) is 95.3 Å². The van der Waals surface area contributed by atoms with Crippen molar-refractivity contribution in [1.82, 2.24) is 5.32 Å². The standard InChI is InChI=1S/C33H40N4O12/c1-16(2)11-13-46-28-22(15-21-23(24(28)39)19(38)14-20(47-21)17-8-5-4-6-9-17)48-32-27(42)25(40)26(41)29(49-32)30(43)37-18(31(44)45-3)10-7-12-36-33(34)35/h4-6,8-9,11,14-15,18,25-27,29,32,39-42H,7,10,12-13H2,1-3H3,(H,37,43)(H4,34,35,36)/t18-,25-,26-,27+,29-,32+/m0/s1. The van der Waals surface area contributed by atoms with Crippen LogP contribution in [-0.2, 0) is 19.1 Å². The van der Waals surface area contributed by atoms with Crippen molar-refractivity contribution in [2.75, 3.05) is 20.3 Å². The first-order valence-corrected chi connectivity index (χ1v) is 15.3. The van der Waals surface area contributed by atoms with Crippen molar-refractivity contribution in [2.24, 2.45) is 16.5 Å². The fraction of sp³-hybridized carbons (Fsp3) is 0.394. The van der Waals surface area contributed by atoms with Crippen LogP contribution >= 0.6 is 0 Å². The molecule has 1 aliphatic rings. The van der Waals surface area contributed by atoms with E-state index >= 15 is 0 Å². The SMILES string of the molecule is COC(=O)[C@H](CCCN=C(N)N)NC(=O)[C@H]1O[C@@H](Oc2cc3oc(-c4ccccc4)cc(=O)c3c(O)c2OCC=C(C)C)[C@H](O)[C@@H](O)[C@@H]1O. The number of fused-ring (bicyclic) bond motifs is 1. The first kappa shape index (κ1) is 36.7. The lowest BCUT2D eigenvalue weighted by Crippen LogP contribution is -2.63. The molecule has 16 heteroatoms. The zero-order valence-electron chi connectivity index (χ0n) is 27.1. The van der Waals surface area contributed by atoms with E-state index in [0.717, 1.165) is 12.7 Å². The summed E-state index contributed by atoms with van der Waals surface area (Å²) in [5.74, 6) is -3.07. The average Bonchev–Trinajstić information content (AvgIpc) is 3.06. The predicted molar refractivity (Wildman–Crippen MR) is 176 cm³/mol. The van der Waals surface area contributed by atoms with E-state index in [1.54, 1.807) is 36.4 Å². The minimum absolute atomic E-state index is 0.0437. The fourth-order valence-corrected chi connectivity index (χ4v) is 4.96. The molecule has 1 saturated heterocycles. The number of nitrogens with zero attached hydrogens (tertiary/aromatic N) is 1. The molecular weight excluding hydrogens is 644 g/mol. The summed E-state index contributed by atoms with van der Waals surface area (Å²) >= 11 is 0. The lowest BCUT2D eigenvalue weighted by atomic mass is 9.97. The third-order valence-electron chi connectivity index (χ3n) is 7.51. The van der Waals surface area contributed by atoms with E-state index in [1.165, 1.54) is 12.1 Å². The first-order valence-electron chi connectivity index (χ1n) is 15.3. The van der Waals surface area contributed by atoms with E-state index < -0.39 is 59.8 Å². The zero-order chi connectivity index (χ0) is 35.8. The zero-order valence-corrected chi connectivity index (χ0v) is 27.1. The number of nitrogens with two attached hydrogens (primary N) is 2. The molecule has 264 valence electrons. The second-order valence-electron chi connectivity index (χ2n) is 11.4. The number of phenols is 1. The Morgan fingerprint density at radius 2 is 1.80 bits per heavy atom. The molecule has 1 aliphatic heterocycles. The van der Waals surface area contributed by atoms with Crippen molar-refractivity contribution in [3.05, 3.63) is 64.3 Å². The lowest BCUT2D eigenvalue weighted by molar-refractivity contribution is -0.267. The van der Waals surface area contributed by atoms with Gasteiger partial charge in [-0.2, -0.15) is 0 Å². The normalized spacial score (nSPS) is 20.9. The second-order valence-corrected chi connectivity index (χ2v) is 11.4. The molecule has 1 fully saturated rings. The van der Waals surface area contributed by atoms with Crippen molar-refractivity contribution in [1.29, 1.82) is 0 Å². The van der Waals surface area contributed by atoms with Gasteiger partial charge in [0.25, 0.3) is 5.91 Å². The molecule has 6 atom stereocenters. The highest BCUT2D eigenvalue weighted by Crippen LogP contribution is 2.44. The number of guanidine groups is 1. The highest BCUT2D eigenvalue weighted by molar-refractivity contribution is 5.90. The molecular formula is C33H40N4O12. The number of methoxy groups -OCH3 is 1. The Kier molecular flexibility index (Phi) is 12.2. The van der Waals surface area contributed by atoms with E-state index in [1.807, 2.05) is 13.8 Å². The molecule has 49 heavy (non-hydrogen) atoms. The maximum atomic E-state index is 13.3. The minimum Gasteiger partial charge on any atom is -0.504 e. The van der Waals surface area contributed by atoms with E-state index in [0.29, 0.717) is 5.56 Å². The molecule has 1 aromatic heterocycles. The number of aliphatic imine (C=N–C) groups is 1. The monoisotopic (exact) mass is 684 g/mol. The Hall–Kier alpha value is -5.16. The second kappa shape index (κ2) is 16.3. The van der Waals surface area contributed by atoms with Gasteiger partial charge in [0, 0.05) is 24.2 Å². The van der Waals surface area contributed by atoms with E-state index in [-0.39, 0.29) is 60.2 Å². The highest BCUT2D eigenvalue weighted by atomic mass is 16.7. The largest absolute Gasteiger partial charge is 0.504 e. The molecule has 9 N–H and O–H groups in total. The Morgan fingerprint density at radius 1 is 1.08 bits per heavy atom. The number of carbonyl (C=O) groups is 2. The maximum Gasteiger partial charge on any atom is 0.328 e. The van der Waals surface area contributed by atoms with Gasteiger partial charge in [-0.1, -0.05) is 35.9 Å². The van der Waals surface area contributed by atoms with Gasteiger partial charge < -0.3 is 60.6 Å². The third kappa shape index (κ3) is 8.85. The summed E-state index contributed by atoms with van der Waals surface area (Å²) in [7, 11) is 1.12. The van der Waals surface area contributed by atoms with Crippen LogP contribution in [0.25, 0.3) is 22.3 Å². The molecule has 3 aromatic rings. The van der Waals surface area contributed by atoms with Crippen molar-refractivity contribution >= 4 is 28.8 Å². The van der Waals surface area contributed by atoms with Gasteiger partial charge in [-0.3, -0.25) is 14.6 Å². The lowest BCUT2D eigenvalue weighted by Gasteiger charge is -2.39. The number of rotatable bonds is 13. The molecule has 4 rings (SSSR count). The summed E-state index contributed by atoms with van der Waals surface area (Å²) < 4.78 is 28.0. The molecule has 2 aromatic carbocycles. The molecule has 16 nitrogen and oxygen atoms in total. The number of nitrogens with one attached hydrogen (secondary N) is 1. The van der Waals surface area contributed by atoms with Gasteiger partial charge in [0.05, 0.1) is 7.11 Å². The summed E-state index contributed by atoms with van der Waals surface area (Å²) in [6.07, 6.45) is -7.57. The van der Waals surface area contributed by atoms with Gasteiger partial charge in [0.15, 0.2) is 29.0 Å². The van der Waals surface area contributed by atoms with Crippen LogP contribution in [0.15, 0.2) is 68.3 Å². The minimum atomic E-state index is -1.97. The topological polar surface area (TPSA) is 259 Å². The van der Waals surface area contributed by atoms with E-state index in [9.17, 15) is 34.8 Å². The number of benzene rings is 2. The summed E-state index contributed by atoms with van der Waals surface area (Å²) in [6, 6.07) is 9.96. The first-order chi connectivity index (χ1) is 23.3. The Balaban J connectivity index is 1.68. The molecule has 1 amide bonds. The molecule has 0 bridgehead atoms. The number of esters is 1. The Morgan fingerprint density at radius 3 is 2.45 bits per heavy atom. The third-order valence-corrected chi connectivity index (χ3v) is 7.51. The van der Waals surface area contributed by atoms with Crippen LogP contribution in [0.2, 0.25) is 0 Å². The fourth-order valence-electron chi connectivity index (χ4n) is 4.96. The van der Waals surface area contributed by atoms with Gasteiger partial charge in [-0.15, -0.1) is 0 Å².